The number of anilines is 1. The fourth-order valence-electron chi connectivity index (χ4n) is 2.50. The van der Waals surface area contributed by atoms with Gasteiger partial charge in [-0.05, 0) is 28.0 Å². The van der Waals surface area contributed by atoms with Crippen LogP contribution in [0, 0.1) is 0 Å². The van der Waals surface area contributed by atoms with Gasteiger partial charge in [0.05, 0.1) is 6.54 Å². The Morgan fingerprint density at radius 3 is 2.69 bits per heavy atom. The number of rotatable bonds is 5. The molecule has 0 aliphatic carbocycles. The minimum absolute atomic E-state index is 0.0380. The quantitative estimate of drug-likeness (QED) is 0.563. The SMILES string of the molecule is O=S(=O)(Nc1nn(Cc2ccccc2)cc1Cl)c1cccc2nonc12. The van der Waals surface area contributed by atoms with E-state index in [-0.39, 0.29) is 21.3 Å². The monoisotopic (exact) mass is 389 g/mol. The number of halogens is 1. The first-order chi connectivity index (χ1) is 12.5. The van der Waals surface area contributed by atoms with Gasteiger partial charge >= 0.3 is 0 Å². The zero-order valence-corrected chi connectivity index (χ0v) is 14.8. The Balaban J connectivity index is 1.63. The lowest BCUT2D eigenvalue weighted by molar-refractivity contribution is 0.315. The van der Waals surface area contributed by atoms with Gasteiger partial charge in [-0.1, -0.05) is 48.0 Å². The fourth-order valence-corrected chi connectivity index (χ4v) is 3.92. The van der Waals surface area contributed by atoms with Crippen LogP contribution in [-0.2, 0) is 16.6 Å². The van der Waals surface area contributed by atoms with Gasteiger partial charge in [-0.3, -0.25) is 9.40 Å². The maximum atomic E-state index is 12.7. The lowest BCUT2D eigenvalue weighted by Gasteiger charge is -2.06. The van der Waals surface area contributed by atoms with Crippen LogP contribution in [0.4, 0.5) is 5.82 Å². The fraction of sp³-hybridized carbons (Fsp3) is 0.0625. The molecule has 0 aliphatic heterocycles. The summed E-state index contributed by atoms with van der Waals surface area (Å²) in [5.41, 5.74) is 1.49. The molecule has 0 saturated carbocycles. The number of nitrogens with one attached hydrogen (secondary N) is 1. The molecule has 8 nitrogen and oxygen atoms in total. The van der Waals surface area contributed by atoms with E-state index in [4.69, 9.17) is 11.6 Å². The molecule has 132 valence electrons. The molecule has 2 aromatic heterocycles. The summed E-state index contributed by atoms with van der Waals surface area (Å²) in [4.78, 5) is -0.0649. The smallest absolute Gasteiger partial charge is 0.265 e. The molecule has 0 unspecified atom stereocenters. The molecule has 10 heteroatoms. The zero-order chi connectivity index (χ0) is 18.1. The van der Waals surface area contributed by atoms with E-state index in [0.717, 1.165) is 5.56 Å². The average molecular weight is 390 g/mol. The van der Waals surface area contributed by atoms with Crippen LogP contribution in [-0.4, -0.2) is 28.5 Å². The number of nitrogens with zero attached hydrogens (tertiary/aromatic N) is 4. The summed E-state index contributed by atoms with van der Waals surface area (Å²) in [5.74, 6) is 0.0380. The van der Waals surface area contributed by atoms with Crippen molar-refractivity contribution in [2.75, 3.05) is 4.72 Å². The Labute approximate surface area is 153 Å². The van der Waals surface area contributed by atoms with Gasteiger partial charge in [0.15, 0.2) is 11.3 Å². The van der Waals surface area contributed by atoms with Gasteiger partial charge in [0.25, 0.3) is 10.0 Å². The first-order valence-corrected chi connectivity index (χ1v) is 9.40. The lowest BCUT2D eigenvalue weighted by Crippen LogP contribution is -2.14. The van der Waals surface area contributed by atoms with Crippen LogP contribution in [0.25, 0.3) is 11.0 Å². The first kappa shape index (κ1) is 16.6. The summed E-state index contributed by atoms with van der Waals surface area (Å²) >= 11 is 6.15. The Morgan fingerprint density at radius 2 is 1.88 bits per heavy atom. The van der Waals surface area contributed by atoms with Crippen LogP contribution in [0.2, 0.25) is 5.02 Å². The molecule has 0 aliphatic rings. The number of hydrogen-bond donors (Lipinski definition) is 1. The summed E-state index contributed by atoms with van der Waals surface area (Å²) in [6.45, 7) is 0.463. The van der Waals surface area contributed by atoms with Crippen molar-refractivity contribution in [1.82, 2.24) is 20.1 Å². The molecular formula is C16H12ClN5O3S. The minimum atomic E-state index is -3.96. The summed E-state index contributed by atoms with van der Waals surface area (Å²) in [5, 5.41) is 11.7. The predicted molar refractivity (Wildman–Crippen MR) is 95.4 cm³/mol. The normalized spacial score (nSPS) is 11.7. The summed E-state index contributed by atoms with van der Waals surface area (Å²) in [7, 11) is -3.96. The zero-order valence-electron chi connectivity index (χ0n) is 13.2. The van der Waals surface area contributed by atoms with Crippen LogP contribution < -0.4 is 4.72 Å². The van der Waals surface area contributed by atoms with Crippen molar-refractivity contribution >= 4 is 38.5 Å². The highest BCUT2D eigenvalue weighted by atomic mass is 35.5. The molecular weight excluding hydrogens is 378 g/mol. The van der Waals surface area contributed by atoms with Crippen LogP contribution in [0.3, 0.4) is 0 Å². The highest BCUT2D eigenvalue weighted by Gasteiger charge is 2.23. The van der Waals surface area contributed by atoms with Crippen LogP contribution in [0.5, 0.6) is 0 Å². The van der Waals surface area contributed by atoms with E-state index in [9.17, 15) is 8.42 Å². The maximum absolute atomic E-state index is 12.7. The third kappa shape index (κ3) is 3.14. The van der Waals surface area contributed by atoms with Crippen molar-refractivity contribution in [3.05, 3.63) is 65.3 Å². The second kappa shape index (κ2) is 6.43. The molecule has 0 atom stereocenters. The lowest BCUT2D eigenvalue weighted by atomic mass is 10.2. The van der Waals surface area contributed by atoms with Crippen molar-refractivity contribution in [2.24, 2.45) is 0 Å². The van der Waals surface area contributed by atoms with Crippen LogP contribution in [0.15, 0.2) is 64.3 Å². The van der Waals surface area contributed by atoms with Gasteiger partial charge < -0.3 is 0 Å². The Bertz CT molecular complexity index is 1170. The largest absolute Gasteiger partial charge is 0.265 e. The topological polar surface area (TPSA) is 103 Å². The van der Waals surface area contributed by atoms with Gasteiger partial charge in [-0.2, -0.15) is 5.10 Å². The summed E-state index contributed by atoms with van der Waals surface area (Å²) in [6.07, 6.45) is 1.56. The van der Waals surface area contributed by atoms with Gasteiger partial charge in [0.1, 0.15) is 15.4 Å². The molecule has 0 amide bonds. The van der Waals surface area contributed by atoms with Crippen LogP contribution >= 0.6 is 11.6 Å². The van der Waals surface area contributed by atoms with Crippen molar-refractivity contribution in [3.63, 3.8) is 0 Å². The van der Waals surface area contributed by atoms with E-state index in [0.29, 0.717) is 12.1 Å². The first-order valence-electron chi connectivity index (χ1n) is 7.54. The van der Waals surface area contributed by atoms with E-state index in [2.05, 4.69) is 24.8 Å². The molecule has 2 aromatic carbocycles. The van der Waals surface area contributed by atoms with Crippen molar-refractivity contribution in [1.29, 1.82) is 0 Å². The van der Waals surface area contributed by atoms with Gasteiger partial charge in [-0.25, -0.2) is 13.0 Å². The molecule has 1 N–H and O–H groups in total. The molecule has 0 fully saturated rings. The third-order valence-corrected chi connectivity index (χ3v) is 5.32. The molecule has 0 saturated heterocycles. The van der Waals surface area contributed by atoms with Crippen molar-refractivity contribution < 1.29 is 13.0 Å². The van der Waals surface area contributed by atoms with Crippen LogP contribution in [0.1, 0.15) is 5.56 Å². The van der Waals surface area contributed by atoms with E-state index in [1.54, 1.807) is 23.0 Å². The van der Waals surface area contributed by atoms with E-state index in [1.165, 1.54) is 6.07 Å². The van der Waals surface area contributed by atoms with E-state index in [1.807, 2.05) is 30.3 Å². The molecule has 0 bridgehead atoms. The van der Waals surface area contributed by atoms with E-state index < -0.39 is 10.0 Å². The Morgan fingerprint density at radius 1 is 1.08 bits per heavy atom. The third-order valence-electron chi connectivity index (χ3n) is 3.67. The molecule has 4 rings (SSSR count). The average Bonchev–Trinajstić information content (AvgIpc) is 3.22. The van der Waals surface area contributed by atoms with E-state index >= 15 is 0 Å². The highest BCUT2D eigenvalue weighted by Crippen LogP contribution is 2.26. The molecule has 26 heavy (non-hydrogen) atoms. The summed E-state index contributed by atoms with van der Waals surface area (Å²) in [6, 6.07) is 14.2. The Hall–Kier alpha value is -2.91. The highest BCUT2D eigenvalue weighted by molar-refractivity contribution is 7.93. The second-order valence-electron chi connectivity index (χ2n) is 5.50. The molecule has 2 heterocycles. The van der Waals surface area contributed by atoms with Gasteiger partial charge in [0.2, 0.25) is 0 Å². The number of fused-ring (bicyclic) bond motifs is 1. The Kier molecular flexibility index (Phi) is 4.09. The summed E-state index contributed by atoms with van der Waals surface area (Å²) < 4.78 is 34.0. The number of benzene rings is 2. The van der Waals surface area contributed by atoms with Crippen molar-refractivity contribution in [3.8, 4) is 0 Å². The number of sulfonamides is 1. The molecule has 0 radical (unpaired) electrons. The van der Waals surface area contributed by atoms with Crippen molar-refractivity contribution in [2.45, 2.75) is 11.4 Å². The molecule has 4 aromatic rings. The number of hydrogen-bond acceptors (Lipinski definition) is 6. The predicted octanol–water partition coefficient (Wildman–Crippen LogP) is 2.92. The number of aromatic nitrogens is 4. The van der Waals surface area contributed by atoms with Gasteiger partial charge in [-0.15, -0.1) is 0 Å². The second-order valence-corrected chi connectivity index (χ2v) is 7.56. The maximum Gasteiger partial charge on any atom is 0.265 e. The minimum Gasteiger partial charge on any atom is -0.265 e. The standard InChI is InChI=1S/C16H12ClN5O3S/c17-12-10-22(9-11-5-2-1-3-6-11)18-16(12)21-26(23,24)14-8-4-7-13-15(14)20-25-19-13/h1-8,10H,9H2,(H,18,21). The van der Waals surface area contributed by atoms with Gasteiger partial charge in [0, 0.05) is 6.20 Å². The molecule has 0 spiro atoms.